The largest absolute Gasteiger partial charge is 0.329 e. The van der Waals surface area contributed by atoms with E-state index in [2.05, 4.69) is 10.4 Å². The molecule has 29 heavy (non-hydrogen) atoms. The number of thiophene rings is 1. The van der Waals surface area contributed by atoms with Crippen molar-refractivity contribution in [3.63, 3.8) is 0 Å². The van der Waals surface area contributed by atoms with Gasteiger partial charge in [-0.25, -0.2) is 9.48 Å². The molecule has 3 heterocycles. The quantitative estimate of drug-likeness (QED) is 0.485. The normalized spacial score (nSPS) is 15.3. The van der Waals surface area contributed by atoms with Gasteiger partial charge in [-0.2, -0.15) is 0 Å². The Bertz CT molecular complexity index is 1130. The molecule has 1 aliphatic rings. The van der Waals surface area contributed by atoms with Gasteiger partial charge in [0, 0.05) is 17.8 Å². The number of nitrogens with one attached hydrogen (secondary N) is 2. The van der Waals surface area contributed by atoms with Crippen molar-refractivity contribution < 1.29 is 9.59 Å². The first kappa shape index (κ1) is 18.9. The maximum atomic E-state index is 13.2. The molecule has 148 valence electrons. The molecule has 0 radical (unpaired) electrons. The van der Waals surface area contributed by atoms with Crippen LogP contribution in [-0.2, 0) is 11.2 Å². The fourth-order valence-corrected chi connectivity index (χ4v) is 3.98. The van der Waals surface area contributed by atoms with Gasteiger partial charge in [-0.3, -0.25) is 19.6 Å². The van der Waals surface area contributed by atoms with E-state index in [1.165, 1.54) is 10.8 Å². The number of benzene rings is 1. The van der Waals surface area contributed by atoms with Crippen LogP contribution in [0.4, 0.5) is 4.79 Å². The van der Waals surface area contributed by atoms with Gasteiger partial charge >= 0.3 is 6.03 Å². The molecule has 0 unspecified atom stereocenters. The first-order valence-corrected chi connectivity index (χ1v) is 10.2. The fourth-order valence-electron chi connectivity index (χ4n) is 3.27. The van der Waals surface area contributed by atoms with Crippen LogP contribution in [0.2, 0.25) is 0 Å². The number of carbonyl (C=O) groups is 2. The second kappa shape index (κ2) is 7.92. The fraction of sp³-hybridized carbons (Fsp3) is 0.190. The third kappa shape index (κ3) is 3.66. The van der Waals surface area contributed by atoms with Gasteiger partial charge in [-0.15, -0.1) is 11.3 Å². The second-order valence-electron chi connectivity index (χ2n) is 6.68. The molecule has 8 heteroatoms. The van der Waals surface area contributed by atoms with E-state index < -0.39 is 11.9 Å². The van der Waals surface area contributed by atoms with Gasteiger partial charge in [0.25, 0.3) is 11.5 Å². The van der Waals surface area contributed by atoms with Crippen molar-refractivity contribution in [1.29, 1.82) is 0 Å². The van der Waals surface area contributed by atoms with Crippen LogP contribution in [0.3, 0.4) is 0 Å². The lowest BCUT2D eigenvalue weighted by Crippen LogP contribution is -2.31. The Morgan fingerprint density at radius 1 is 1.07 bits per heavy atom. The molecule has 2 aromatic heterocycles. The average molecular weight is 408 g/mol. The molecular weight excluding hydrogens is 388 g/mol. The predicted octanol–water partition coefficient (Wildman–Crippen LogP) is 3.12. The summed E-state index contributed by atoms with van der Waals surface area (Å²) in [5.41, 5.74) is 1.59. The summed E-state index contributed by atoms with van der Waals surface area (Å²) in [4.78, 5) is 40.1. The van der Waals surface area contributed by atoms with Crippen LogP contribution in [0.25, 0.3) is 11.8 Å². The summed E-state index contributed by atoms with van der Waals surface area (Å²) < 4.78 is 1.46. The number of hydrogen-bond acceptors (Lipinski definition) is 4. The van der Waals surface area contributed by atoms with Crippen molar-refractivity contribution in [3.8, 4) is 5.69 Å². The third-order valence-corrected chi connectivity index (χ3v) is 5.53. The number of hydrogen-bond donors (Lipinski definition) is 2. The lowest BCUT2D eigenvalue weighted by atomic mass is 10.1. The van der Waals surface area contributed by atoms with Crippen LogP contribution in [0.1, 0.15) is 29.5 Å². The summed E-state index contributed by atoms with van der Waals surface area (Å²) in [5, 5.41) is 7.73. The summed E-state index contributed by atoms with van der Waals surface area (Å²) in [7, 11) is 0. The number of amides is 3. The predicted molar refractivity (Wildman–Crippen MR) is 112 cm³/mol. The van der Waals surface area contributed by atoms with Crippen LogP contribution < -0.4 is 10.9 Å². The molecule has 1 aromatic carbocycles. The molecule has 0 bridgehead atoms. The van der Waals surface area contributed by atoms with Gasteiger partial charge in [-0.1, -0.05) is 31.2 Å². The highest BCUT2D eigenvalue weighted by Crippen LogP contribution is 2.20. The van der Waals surface area contributed by atoms with E-state index in [0.29, 0.717) is 36.3 Å². The highest BCUT2D eigenvalue weighted by atomic mass is 32.1. The molecule has 0 saturated carbocycles. The highest BCUT2D eigenvalue weighted by Gasteiger charge is 2.33. The minimum absolute atomic E-state index is 0.118. The number of rotatable bonds is 6. The van der Waals surface area contributed by atoms with E-state index >= 15 is 0 Å². The van der Waals surface area contributed by atoms with Gasteiger partial charge in [0.1, 0.15) is 5.70 Å². The van der Waals surface area contributed by atoms with Crippen molar-refractivity contribution in [2.45, 2.75) is 19.8 Å². The lowest BCUT2D eigenvalue weighted by Gasteiger charge is -2.08. The van der Waals surface area contributed by atoms with E-state index in [1.807, 2.05) is 54.8 Å². The van der Waals surface area contributed by atoms with Crippen LogP contribution in [0.5, 0.6) is 0 Å². The maximum absolute atomic E-state index is 13.2. The smallest absolute Gasteiger partial charge is 0.303 e. The first-order valence-electron chi connectivity index (χ1n) is 9.34. The SMILES string of the molecule is CCCN1C(=O)N/C(=C\c2c(Cc3cccs3)[nH]n(-c3ccccc3)c2=O)C1=O. The summed E-state index contributed by atoms with van der Waals surface area (Å²) >= 11 is 1.59. The summed E-state index contributed by atoms with van der Waals surface area (Å²) in [6.07, 6.45) is 2.67. The minimum atomic E-state index is -0.457. The Morgan fingerprint density at radius 2 is 1.86 bits per heavy atom. The maximum Gasteiger partial charge on any atom is 0.329 e. The molecule has 3 amide bonds. The number of aromatic nitrogens is 2. The van der Waals surface area contributed by atoms with Crippen LogP contribution >= 0.6 is 11.3 Å². The highest BCUT2D eigenvalue weighted by molar-refractivity contribution is 7.09. The number of carbonyl (C=O) groups excluding carboxylic acids is 2. The molecule has 0 atom stereocenters. The van der Waals surface area contributed by atoms with E-state index in [-0.39, 0.29) is 11.3 Å². The molecule has 1 aliphatic heterocycles. The second-order valence-corrected chi connectivity index (χ2v) is 7.71. The first-order chi connectivity index (χ1) is 14.1. The Morgan fingerprint density at radius 3 is 2.55 bits per heavy atom. The van der Waals surface area contributed by atoms with Crippen LogP contribution in [-0.4, -0.2) is 33.2 Å². The lowest BCUT2D eigenvalue weighted by molar-refractivity contribution is -0.122. The monoisotopic (exact) mass is 408 g/mol. The van der Waals surface area contributed by atoms with Crippen molar-refractivity contribution in [2.24, 2.45) is 0 Å². The molecular formula is C21H20N4O3S. The Labute approximate surface area is 171 Å². The molecule has 0 spiro atoms. The number of imide groups is 1. The zero-order chi connectivity index (χ0) is 20.4. The summed E-state index contributed by atoms with van der Waals surface area (Å²) in [5.74, 6) is -0.411. The van der Waals surface area contributed by atoms with E-state index in [9.17, 15) is 14.4 Å². The number of nitrogens with zero attached hydrogens (tertiary/aromatic N) is 2. The zero-order valence-electron chi connectivity index (χ0n) is 15.8. The minimum Gasteiger partial charge on any atom is -0.303 e. The van der Waals surface area contributed by atoms with E-state index in [0.717, 1.165) is 9.78 Å². The average Bonchev–Trinajstić information content (AvgIpc) is 3.41. The molecule has 7 nitrogen and oxygen atoms in total. The molecule has 4 rings (SSSR count). The van der Waals surface area contributed by atoms with Crippen molar-refractivity contribution in [2.75, 3.05) is 6.54 Å². The van der Waals surface area contributed by atoms with Gasteiger partial charge in [0.05, 0.1) is 16.9 Å². The van der Waals surface area contributed by atoms with Gasteiger partial charge in [-0.05, 0) is 36.1 Å². The van der Waals surface area contributed by atoms with E-state index in [1.54, 1.807) is 11.3 Å². The van der Waals surface area contributed by atoms with Gasteiger partial charge in [0.15, 0.2) is 0 Å². The molecule has 2 N–H and O–H groups in total. The number of para-hydroxylation sites is 1. The van der Waals surface area contributed by atoms with Crippen molar-refractivity contribution >= 4 is 29.4 Å². The van der Waals surface area contributed by atoms with Crippen LogP contribution in [0, 0.1) is 0 Å². The Hall–Kier alpha value is -3.39. The Kier molecular flexibility index (Phi) is 5.18. The molecule has 1 saturated heterocycles. The van der Waals surface area contributed by atoms with Gasteiger partial charge < -0.3 is 5.32 Å². The molecule has 1 fully saturated rings. The van der Waals surface area contributed by atoms with Crippen molar-refractivity contribution in [3.05, 3.63) is 80.0 Å². The molecule has 3 aromatic rings. The molecule has 0 aliphatic carbocycles. The third-order valence-electron chi connectivity index (χ3n) is 4.65. The summed E-state index contributed by atoms with van der Waals surface area (Å²) in [6.45, 7) is 2.23. The zero-order valence-corrected chi connectivity index (χ0v) is 16.7. The number of H-pyrrole nitrogens is 1. The van der Waals surface area contributed by atoms with Gasteiger partial charge in [0.2, 0.25) is 0 Å². The van der Waals surface area contributed by atoms with E-state index in [4.69, 9.17) is 0 Å². The van der Waals surface area contributed by atoms with Crippen molar-refractivity contribution in [1.82, 2.24) is 20.0 Å². The summed E-state index contributed by atoms with van der Waals surface area (Å²) in [6, 6.07) is 12.7. The number of urea groups is 1. The number of aromatic amines is 1. The Balaban J connectivity index is 1.79. The standard InChI is InChI=1S/C21H20N4O3S/c1-2-10-24-20(27)18(22-21(24)28)13-16-17(12-15-9-6-11-29-15)23-25(19(16)26)14-7-4-3-5-8-14/h3-9,11,13,23H,2,10,12H2,1H3,(H,22,28)/b18-13-. The topological polar surface area (TPSA) is 87.2 Å². The van der Waals surface area contributed by atoms with Crippen LogP contribution in [0.15, 0.2) is 58.3 Å².